The van der Waals surface area contributed by atoms with E-state index in [-0.39, 0.29) is 41.5 Å². The molecule has 9 rings (SSSR count). The van der Waals surface area contributed by atoms with Gasteiger partial charge in [0.15, 0.2) is 5.82 Å². The van der Waals surface area contributed by atoms with E-state index in [2.05, 4.69) is 9.80 Å². The highest BCUT2D eigenvalue weighted by atomic mass is 19.3. The molecule has 0 amide bonds. The smallest absolute Gasteiger partial charge is 0.319 e. The number of aromatic nitrogens is 4. The molecule has 4 aliphatic rings. The summed E-state index contributed by atoms with van der Waals surface area (Å²) in [6.07, 6.45) is 1.82. The summed E-state index contributed by atoms with van der Waals surface area (Å²) in [5.74, 6) is -1.09. The fraction of sp³-hybridized carbons (Fsp3) is 0.537. The maximum absolute atomic E-state index is 17.9. The Labute approximate surface area is 317 Å². The average Bonchev–Trinajstić information content (AvgIpc) is 3.63. The molecule has 4 aliphatic heterocycles. The maximum atomic E-state index is 17.9. The number of phenols is 1. The number of aromatic hydroxyl groups is 1. The Hall–Kier alpha value is -4.27. The number of hydrogen-bond donors (Lipinski definition) is 1. The first kappa shape index (κ1) is 36.4. The molecule has 4 atom stereocenters. The van der Waals surface area contributed by atoms with Crippen LogP contribution in [-0.2, 0) is 18.2 Å². The van der Waals surface area contributed by atoms with Crippen LogP contribution in [0.3, 0.4) is 0 Å². The third-order valence-corrected chi connectivity index (χ3v) is 12.6. The fourth-order valence-corrected chi connectivity index (χ4v) is 10.0. The number of alkyl halides is 2. The number of fused-ring (bicyclic) bond motifs is 6. The van der Waals surface area contributed by atoms with Crippen molar-refractivity contribution in [2.75, 3.05) is 64.5 Å². The number of benzene rings is 3. The van der Waals surface area contributed by atoms with Crippen LogP contribution in [-0.4, -0.2) is 113 Å². The van der Waals surface area contributed by atoms with Crippen molar-refractivity contribution in [3.05, 3.63) is 47.7 Å². The topological polar surface area (TPSA) is 92.0 Å². The van der Waals surface area contributed by atoms with Crippen LogP contribution >= 0.6 is 0 Å². The lowest BCUT2D eigenvalue weighted by atomic mass is 9.73. The number of likely N-dealkylation sites (tertiary alicyclic amines) is 2. The number of phenolic OH excluding ortho intramolecular Hbond substituents is 1. The van der Waals surface area contributed by atoms with Crippen molar-refractivity contribution in [2.24, 2.45) is 24.3 Å². The molecule has 292 valence electrons. The molecule has 0 spiro atoms. The molecular formula is C41H47F4N7O3. The summed E-state index contributed by atoms with van der Waals surface area (Å²) in [5, 5.41) is 17.8. The molecule has 6 heterocycles. The fourth-order valence-electron chi connectivity index (χ4n) is 10.0. The van der Waals surface area contributed by atoms with Crippen molar-refractivity contribution >= 4 is 38.4 Å². The van der Waals surface area contributed by atoms with Crippen LogP contribution in [0.15, 0.2) is 30.5 Å². The van der Waals surface area contributed by atoms with Gasteiger partial charge in [0, 0.05) is 79.7 Å². The maximum Gasteiger partial charge on any atom is 0.319 e. The zero-order valence-electron chi connectivity index (χ0n) is 31.7. The minimum absolute atomic E-state index is 0.00813. The first-order chi connectivity index (χ1) is 26.4. The standard InChI is InChI=1S/C41H47F4N7O3/c1-5-27-31(42)9-6-23-12-26(53)13-28(32(23)27)33-35(43)37-34(29-17-50(4)48-36(29)33)39(52-24-7-8-25(52)16-51(15-24)14-22-18-54-19-22)47-40(46-37)55-21-41(2)20-49(3)11-10-30(41)38(44)45/h6,9,12-13,17,22,24-25,30,38,53H,5,7-8,10-11,14-16,18-21H2,1-4H3/t24-,25+,30-,41+/m1/s1. The van der Waals surface area contributed by atoms with Gasteiger partial charge in [-0.05, 0) is 79.4 Å². The number of anilines is 1. The zero-order chi connectivity index (χ0) is 38.3. The zero-order valence-corrected chi connectivity index (χ0v) is 31.7. The summed E-state index contributed by atoms with van der Waals surface area (Å²) in [6, 6.07) is 6.04. The molecular weight excluding hydrogens is 714 g/mol. The van der Waals surface area contributed by atoms with Gasteiger partial charge in [0.2, 0.25) is 6.43 Å². The third-order valence-electron chi connectivity index (χ3n) is 12.6. The Morgan fingerprint density at radius 1 is 1.02 bits per heavy atom. The van der Waals surface area contributed by atoms with Gasteiger partial charge in [-0.1, -0.05) is 19.9 Å². The largest absolute Gasteiger partial charge is 0.508 e. The number of halogens is 4. The van der Waals surface area contributed by atoms with Crippen molar-refractivity contribution in [3.63, 3.8) is 0 Å². The predicted octanol–water partition coefficient (Wildman–Crippen LogP) is 6.78. The SMILES string of the molecule is CCc1c(F)ccc2cc(O)cc(-c3c(F)c4nc(OC[C@]5(C)CN(C)CC[C@@H]5C(F)F)nc(N5[C@@H]6CC[C@H]5CN(CC5COC5)C6)c4c4cn(C)nc34)c12. The molecule has 3 aromatic carbocycles. The van der Waals surface area contributed by atoms with Crippen molar-refractivity contribution < 1.29 is 32.1 Å². The number of nitrogens with zero attached hydrogens (tertiary/aromatic N) is 7. The Morgan fingerprint density at radius 2 is 1.78 bits per heavy atom. The number of aryl methyl sites for hydroxylation is 2. The van der Waals surface area contributed by atoms with E-state index in [0.717, 1.165) is 45.7 Å². The van der Waals surface area contributed by atoms with Crippen molar-refractivity contribution in [1.82, 2.24) is 29.5 Å². The van der Waals surface area contributed by atoms with Crippen LogP contribution in [0.4, 0.5) is 23.4 Å². The second-order valence-electron chi connectivity index (χ2n) is 16.6. The minimum atomic E-state index is -2.53. The van der Waals surface area contributed by atoms with E-state index in [9.17, 15) is 13.9 Å². The van der Waals surface area contributed by atoms with Crippen LogP contribution in [0.1, 0.15) is 38.7 Å². The van der Waals surface area contributed by atoms with Gasteiger partial charge < -0.3 is 24.4 Å². The highest BCUT2D eigenvalue weighted by Gasteiger charge is 2.46. The van der Waals surface area contributed by atoms with E-state index in [0.29, 0.717) is 75.9 Å². The Morgan fingerprint density at radius 3 is 2.47 bits per heavy atom. The second kappa shape index (κ2) is 13.7. The van der Waals surface area contributed by atoms with E-state index in [1.807, 2.05) is 32.0 Å². The number of piperazine rings is 1. The van der Waals surface area contributed by atoms with E-state index < -0.39 is 29.4 Å². The van der Waals surface area contributed by atoms with E-state index >= 15 is 8.78 Å². The van der Waals surface area contributed by atoms with Gasteiger partial charge in [-0.25, -0.2) is 17.6 Å². The lowest BCUT2D eigenvalue weighted by Gasteiger charge is -2.44. The summed E-state index contributed by atoms with van der Waals surface area (Å²) >= 11 is 0. The van der Waals surface area contributed by atoms with E-state index in [1.54, 1.807) is 23.9 Å². The molecule has 55 heavy (non-hydrogen) atoms. The lowest BCUT2D eigenvalue weighted by molar-refractivity contribution is -0.0679. The van der Waals surface area contributed by atoms with Gasteiger partial charge in [0.05, 0.1) is 25.2 Å². The summed E-state index contributed by atoms with van der Waals surface area (Å²) in [5.41, 5.74) is 0.181. The molecule has 2 bridgehead atoms. The monoisotopic (exact) mass is 761 g/mol. The highest BCUT2D eigenvalue weighted by Crippen LogP contribution is 2.47. The number of rotatable bonds is 9. The van der Waals surface area contributed by atoms with Crippen molar-refractivity contribution in [1.29, 1.82) is 0 Å². The van der Waals surface area contributed by atoms with Crippen molar-refractivity contribution in [3.8, 4) is 22.9 Å². The second-order valence-corrected chi connectivity index (χ2v) is 16.6. The Balaban J connectivity index is 1.25. The number of hydrogen-bond acceptors (Lipinski definition) is 9. The molecule has 4 fully saturated rings. The van der Waals surface area contributed by atoms with E-state index in [1.165, 1.54) is 12.1 Å². The molecule has 0 radical (unpaired) electrons. The molecule has 4 saturated heterocycles. The molecule has 0 aliphatic carbocycles. The third kappa shape index (κ3) is 6.15. The predicted molar refractivity (Wildman–Crippen MR) is 203 cm³/mol. The van der Waals surface area contributed by atoms with Crippen molar-refractivity contribution in [2.45, 2.75) is 58.0 Å². The lowest BCUT2D eigenvalue weighted by Crippen LogP contribution is -2.56. The highest BCUT2D eigenvalue weighted by molar-refractivity contribution is 6.18. The molecule has 0 saturated carbocycles. The van der Waals surface area contributed by atoms with Gasteiger partial charge in [0.25, 0.3) is 0 Å². The number of piperidine rings is 1. The van der Waals surface area contributed by atoms with Crippen LogP contribution in [0.2, 0.25) is 0 Å². The molecule has 10 nitrogen and oxygen atoms in total. The molecule has 2 aromatic heterocycles. The van der Waals surface area contributed by atoms with Gasteiger partial charge in [0.1, 0.15) is 28.4 Å². The van der Waals surface area contributed by atoms with Crippen LogP contribution < -0.4 is 9.64 Å². The summed E-state index contributed by atoms with van der Waals surface area (Å²) in [4.78, 5) is 16.6. The molecule has 5 aromatic rings. The first-order valence-electron chi connectivity index (χ1n) is 19.4. The molecule has 14 heteroatoms. The van der Waals surface area contributed by atoms with Crippen LogP contribution in [0.5, 0.6) is 11.8 Å². The molecule has 1 N–H and O–H groups in total. The summed E-state index contributed by atoms with van der Waals surface area (Å²) in [6.45, 7) is 8.65. The van der Waals surface area contributed by atoms with Crippen LogP contribution in [0, 0.1) is 28.9 Å². The Bertz CT molecular complexity index is 2290. The van der Waals surface area contributed by atoms with Gasteiger partial charge in [-0.3, -0.25) is 9.58 Å². The van der Waals surface area contributed by atoms with Gasteiger partial charge in [-0.2, -0.15) is 15.1 Å². The summed E-state index contributed by atoms with van der Waals surface area (Å²) in [7, 11) is 3.67. The normalized spacial score (nSPS) is 25.2. The van der Waals surface area contributed by atoms with Gasteiger partial charge >= 0.3 is 6.01 Å². The number of ether oxygens (including phenoxy) is 2. The quantitative estimate of drug-likeness (QED) is 0.163. The van der Waals surface area contributed by atoms with Gasteiger partial charge in [-0.15, -0.1) is 0 Å². The molecule has 0 unspecified atom stereocenters. The average molecular weight is 762 g/mol. The van der Waals surface area contributed by atoms with E-state index in [4.69, 9.17) is 24.5 Å². The van der Waals surface area contributed by atoms with Crippen LogP contribution in [0.25, 0.3) is 43.7 Å². The first-order valence-corrected chi connectivity index (χ1v) is 19.4. The summed E-state index contributed by atoms with van der Waals surface area (Å²) < 4.78 is 75.5. The minimum Gasteiger partial charge on any atom is -0.508 e. The Kier molecular flexibility index (Phi) is 9.08.